The Morgan fingerprint density at radius 1 is 1.30 bits per heavy atom. The average Bonchev–Trinajstić information content (AvgIpc) is 2.42. The first-order valence-corrected chi connectivity index (χ1v) is 6.79. The number of benzene rings is 2. The number of halogens is 4. The molecule has 0 aliphatic carbocycles. The summed E-state index contributed by atoms with van der Waals surface area (Å²) in [5, 5.41) is -0.264. The zero-order chi connectivity index (χ0) is 14.9. The van der Waals surface area contributed by atoms with Crippen LogP contribution >= 0.6 is 27.5 Å². The molecule has 0 spiro atoms. The van der Waals surface area contributed by atoms with E-state index in [0.717, 1.165) is 10.5 Å². The van der Waals surface area contributed by atoms with Crippen LogP contribution in [0.2, 0.25) is 5.02 Å². The van der Waals surface area contributed by atoms with Crippen molar-refractivity contribution in [3.8, 4) is 5.75 Å². The average molecular weight is 360 g/mol. The molecule has 2 aromatic carbocycles. The molecule has 0 aromatic heterocycles. The molecule has 2 rings (SSSR count). The predicted molar refractivity (Wildman–Crippen MR) is 80.2 cm³/mol. The lowest BCUT2D eigenvalue weighted by atomic mass is 9.98. The van der Waals surface area contributed by atoms with Gasteiger partial charge < -0.3 is 4.74 Å². The summed E-state index contributed by atoms with van der Waals surface area (Å²) in [4.78, 5) is 0. The van der Waals surface area contributed by atoms with E-state index < -0.39 is 11.6 Å². The van der Waals surface area contributed by atoms with Crippen LogP contribution < -0.4 is 4.74 Å². The Kier molecular flexibility index (Phi) is 4.45. The van der Waals surface area contributed by atoms with E-state index >= 15 is 0 Å². The number of hydrogen-bond acceptors (Lipinski definition) is 1. The van der Waals surface area contributed by atoms with Crippen LogP contribution in [0.15, 0.2) is 41.4 Å². The summed E-state index contributed by atoms with van der Waals surface area (Å²) in [7, 11) is 1.29. The van der Waals surface area contributed by atoms with E-state index in [0.29, 0.717) is 5.56 Å². The fourth-order valence-corrected chi connectivity index (χ4v) is 2.44. The van der Waals surface area contributed by atoms with Gasteiger partial charge in [0.15, 0.2) is 5.82 Å². The van der Waals surface area contributed by atoms with Gasteiger partial charge in [-0.05, 0) is 23.3 Å². The van der Waals surface area contributed by atoms with Crippen LogP contribution in [-0.4, -0.2) is 7.11 Å². The summed E-state index contributed by atoms with van der Waals surface area (Å²) >= 11 is 9.12. The number of ether oxygens (including phenoxy) is 1. The SMILES string of the molecule is C=C(c1cccc(Br)c1)c1c(F)cc(OC)c(Cl)c1F. The van der Waals surface area contributed by atoms with Gasteiger partial charge in [-0.2, -0.15) is 0 Å². The minimum Gasteiger partial charge on any atom is -0.495 e. The Morgan fingerprint density at radius 3 is 2.60 bits per heavy atom. The molecule has 104 valence electrons. The van der Waals surface area contributed by atoms with E-state index in [4.69, 9.17) is 16.3 Å². The molecule has 0 fully saturated rings. The minimum atomic E-state index is -0.881. The third kappa shape index (κ3) is 2.72. The Labute approximate surface area is 129 Å². The van der Waals surface area contributed by atoms with Gasteiger partial charge in [-0.3, -0.25) is 0 Å². The summed E-state index contributed by atoms with van der Waals surface area (Å²) in [5.41, 5.74) is 0.554. The monoisotopic (exact) mass is 358 g/mol. The number of rotatable bonds is 3. The predicted octanol–water partition coefficient (Wildman–Crippen LogP) is 5.45. The van der Waals surface area contributed by atoms with E-state index in [1.165, 1.54) is 7.11 Å². The van der Waals surface area contributed by atoms with Crippen LogP contribution in [0.5, 0.6) is 5.75 Å². The van der Waals surface area contributed by atoms with Gasteiger partial charge in [0.05, 0.1) is 12.7 Å². The van der Waals surface area contributed by atoms with Gasteiger partial charge in [-0.15, -0.1) is 0 Å². The largest absolute Gasteiger partial charge is 0.495 e. The van der Waals surface area contributed by atoms with Crippen LogP contribution in [0.25, 0.3) is 5.57 Å². The van der Waals surface area contributed by atoms with Crippen LogP contribution in [0.1, 0.15) is 11.1 Å². The molecular weight excluding hydrogens is 350 g/mol. The number of methoxy groups -OCH3 is 1. The van der Waals surface area contributed by atoms with Crippen molar-refractivity contribution in [1.82, 2.24) is 0 Å². The minimum absolute atomic E-state index is 0.0486. The molecule has 0 radical (unpaired) electrons. The van der Waals surface area contributed by atoms with E-state index in [1.807, 2.05) is 6.07 Å². The zero-order valence-corrected chi connectivity index (χ0v) is 12.9. The highest BCUT2D eigenvalue weighted by atomic mass is 79.9. The van der Waals surface area contributed by atoms with Gasteiger partial charge >= 0.3 is 0 Å². The molecule has 0 aliphatic heterocycles. The van der Waals surface area contributed by atoms with Crippen molar-refractivity contribution in [1.29, 1.82) is 0 Å². The van der Waals surface area contributed by atoms with Crippen molar-refractivity contribution in [3.05, 3.63) is 69.2 Å². The van der Waals surface area contributed by atoms with Crippen molar-refractivity contribution in [3.63, 3.8) is 0 Å². The second-order valence-electron chi connectivity index (χ2n) is 4.05. The van der Waals surface area contributed by atoms with Crippen molar-refractivity contribution >= 4 is 33.1 Å². The van der Waals surface area contributed by atoms with Crippen molar-refractivity contribution in [2.24, 2.45) is 0 Å². The van der Waals surface area contributed by atoms with Crippen molar-refractivity contribution in [2.75, 3.05) is 7.11 Å². The van der Waals surface area contributed by atoms with Crippen molar-refractivity contribution < 1.29 is 13.5 Å². The first kappa shape index (κ1) is 15.0. The van der Waals surface area contributed by atoms with E-state index in [-0.39, 0.29) is 21.9 Å². The first-order chi connectivity index (χ1) is 9.45. The van der Waals surface area contributed by atoms with Crippen LogP contribution in [-0.2, 0) is 0 Å². The van der Waals surface area contributed by atoms with Crippen LogP contribution in [0.4, 0.5) is 8.78 Å². The summed E-state index contributed by atoms with van der Waals surface area (Å²) in [6, 6.07) is 8.05. The van der Waals surface area contributed by atoms with Gasteiger partial charge in [-0.25, -0.2) is 8.78 Å². The van der Waals surface area contributed by atoms with Gasteiger partial charge in [0.1, 0.15) is 16.6 Å². The topological polar surface area (TPSA) is 9.23 Å². The molecular formula is C15H10BrClF2O. The fraction of sp³-hybridized carbons (Fsp3) is 0.0667. The summed E-state index contributed by atoms with van der Waals surface area (Å²) in [6.45, 7) is 3.75. The lowest BCUT2D eigenvalue weighted by molar-refractivity contribution is 0.406. The Morgan fingerprint density at radius 2 is 2.00 bits per heavy atom. The van der Waals surface area contributed by atoms with E-state index in [2.05, 4.69) is 22.5 Å². The Hall–Kier alpha value is -1.39. The van der Waals surface area contributed by atoms with Crippen molar-refractivity contribution in [2.45, 2.75) is 0 Å². The van der Waals surface area contributed by atoms with E-state index in [9.17, 15) is 8.78 Å². The zero-order valence-electron chi connectivity index (χ0n) is 10.5. The van der Waals surface area contributed by atoms with Gasteiger partial charge in [0.2, 0.25) is 0 Å². The molecule has 0 amide bonds. The van der Waals surface area contributed by atoms with Crippen LogP contribution in [0.3, 0.4) is 0 Å². The smallest absolute Gasteiger partial charge is 0.156 e. The molecule has 2 aromatic rings. The summed E-state index contributed by atoms with van der Waals surface area (Å²) < 4.78 is 33.9. The Bertz CT molecular complexity index is 686. The highest BCUT2D eigenvalue weighted by Gasteiger charge is 2.20. The van der Waals surface area contributed by atoms with Crippen LogP contribution in [0, 0.1) is 11.6 Å². The molecule has 20 heavy (non-hydrogen) atoms. The maximum absolute atomic E-state index is 14.2. The molecule has 0 saturated heterocycles. The highest BCUT2D eigenvalue weighted by molar-refractivity contribution is 9.10. The second kappa shape index (κ2) is 5.94. The quantitative estimate of drug-likeness (QED) is 0.662. The first-order valence-electron chi connectivity index (χ1n) is 5.62. The van der Waals surface area contributed by atoms with Gasteiger partial charge in [0, 0.05) is 10.5 Å². The molecule has 5 heteroatoms. The molecule has 0 N–H and O–H groups in total. The third-order valence-corrected chi connectivity index (χ3v) is 3.67. The standard InChI is InChI=1S/C15H10BrClF2O/c1-8(9-4-3-5-10(16)6-9)13-11(18)7-12(20-2)14(17)15(13)19/h3-7H,1H2,2H3. The highest BCUT2D eigenvalue weighted by Crippen LogP contribution is 2.36. The maximum Gasteiger partial charge on any atom is 0.156 e. The fourth-order valence-electron chi connectivity index (χ4n) is 1.82. The summed E-state index contributed by atoms with van der Waals surface area (Å²) in [5.74, 6) is -1.70. The summed E-state index contributed by atoms with van der Waals surface area (Å²) in [6.07, 6.45) is 0. The third-order valence-electron chi connectivity index (χ3n) is 2.82. The lowest BCUT2D eigenvalue weighted by Gasteiger charge is -2.12. The van der Waals surface area contributed by atoms with Gasteiger partial charge in [-0.1, -0.05) is 46.2 Å². The molecule has 0 aliphatic rings. The lowest BCUT2D eigenvalue weighted by Crippen LogP contribution is -1.99. The molecule has 0 heterocycles. The van der Waals surface area contributed by atoms with Gasteiger partial charge in [0.25, 0.3) is 0 Å². The second-order valence-corrected chi connectivity index (χ2v) is 5.35. The van der Waals surface area contributed by atoms with E-state index in [1.54, 1.807) is 18.2 Å². The normalized spacial score (nSPS) is 10.4. The Balaban J connectivity index is 2.58. The molecule has 0 unspecified atom stereocenters. The molecule has 0 saturated carbocycles. The maximum atomic E-state index is 14.2. The molecule has 0 bridgehead atoms. The molecule has 1 nitrogen and oxygen atoms in total. The number of hydrogen-bond donors (Lipinski definition) is 0. The molecule has 0 atom stereocenters.